The molecule has 1 heterocycles. The molecule has 0 radical (unpaired) electrons. The van der Waals surface area contributed by atoms with Crippen LogP contribution in [0.25, 0.3) is 16.6 Å². The van der Waals surface area contributed by atoms with E-state index in [1.807, 2.05) is 30.3 Å². The smallest absolute Gasteiger partial charge is 0.408 e. The zero-order valence-electron chi connectivity index (χ0n) is 24.8. The first kappa shape index (κ1) is 32.5. The van der Waals surface area contributed by atoms with Crippen molar-refractivity contribution < 1.29 is 24.5 Å². The number of aliphatic hydroxyl groups excluding tert-OH is 1. The normalized spacial score (nSPS) is 12.1. The minimum atomic E-state index is -1.22. The van der Waals surface area contributed by atoms with E-state index in [9.17, 15) is 19.5 Å². The Balaban J connectivity index is 1.88. The van der Waals surface area contributed by atoms with Crippen molar-refractivity contribution >= 4 is 40.3 Å². The zero-order chi connectivity index (χ0) is 31.9. The van der Waals surface area contributed by atoms with E-state index in [1.165, 1.54) is 9.47 Å². The molecule has 1 aromatic heterocycles. The lowest BCUT2D eigenvalue weighted by molar-refractivity contribution is 0.0104. The number of rotatable bonds is 11. The van der Waals surface area contributed by atoms with Crippen molar-refractivity contribution in [1.29, 1.82) is 0 Å². The van der Waals surface area contributed by atoms with Crippen LogP contribution in [0.15, 0.2) is 77.6 Å². The molecule has 3 amide bonds. The van der Waals surface area contributed by atoms with E-state index in [0.29, 0.717) is 23.3 Å². The largest absolute Gasteiger partial charge is 0.465 e. The van der Waals surface area contributed by atoms with Gasteiger partial charge in [-0.05, 0) is 63.1 Å². The molecule has 4 rings (SSSR count). The standard InChI is InChI=1S/C32H36ClN5O6/c1-32(2,3)38(31(42)43)26(20-44-19-21-10-5-4-6-11-21)28-36-25-15-8-14-24(33)27(25)29(40)37(28)23-13-7-12-22(18-23)35-30(41)34-16-9-17-39/h4-8,10-15,18,26,39H,9,16-17,19-20H2,1-3H3,(H,42,43)(H2,34,35,41)/t26-/m0/s1. The summed E-state index contributed by atoms with van der Waals surface area (Å²) in [6.07, 6.45) is -0.815. The average molecular weight is 622 g/mol. The van der Waals surface area contributed by atoms with Gasteiger partial charge in [-0.2, -0.15) is 0 Å². The van der Waals surface area contributed by atoms with Gasteiger partial charge in [0.25, 0.3) is 5.56 Å². The van der Waals surface area contributed by atoms with Crippen molar-refractivity contribution in [2.75, 3.05) is 25.1 Å². The number of ether oxygens (including phenoxy) is 1. The molecule has 0 saturated heterocycles. The van der Waals surface area contributed by atoms with Gasteiger partial charge in [-0.3, -0.25) is 14.3 Å². The summed E-state index contributed by atoms with van der Waals surface area (Å²) in [5.41, 5.74) is 0.499. The van der Waals surface area contributed by atoms with E-state index in [1.54, 1.807) is 63.2 Å². The number of benzene rings is 3. The summed E-state index contributed by atoms with van der Waals surface area (Å²) in [5, 5.41) is 25.2. The highest BCUT2D eigenvalue weighted by Crippen LogP contribution is 2.31. The van der Waals surface area contributed by atoms with Gasteiger partial charge in [0.2, 0.25) is 0 Å². The summed E-state index contributed by atoms with van der Waals surface area (Å²) >= 11 is 6.49. The zero-order valence-corrected chi connectivity index (χ0v) is 25.5. The number of carbonyl (C=O) groups excluding carboxylic acids is 1. The maximum Gasteiger partial charge on any atom is 0.408 e. The lowest BCUT2D eigenvalue weighted by Crippen LogP contribution is -2.50. The number of anilines is 1. The van der Waals surface area contributed by atoms with E-state index < -0.39 is 29.3 Å². The number of hydrogen-bond donors (Lipinski definition) is 4. The van der Waals surface area contributed by atoms with E-state index in [4.69, 9.17) is 26.4 Å². The topological polar surface area (TPSA) is 146 Å². The lowest BCUT2D eigenvalue weighted by atomic mass is 10.0. The Bertz CT molecular complexity index is 1670. The molecule has 4 aromatic rings. The predicted octanol–water partition coefficient (Wildman–Crippen LogP) is 5.58. The van der Waals surface area contributed by atoms with Crippen molar-refractivity contribution in [2.45, 2.75) is 45.4 Å². The third kappa shape index (κ3) is 7.73. The van der Waals surface area contributed by atoms with Gasteiger partial charge in [-0.1, -0.05) is 54.1 Å². The van der Waals surface area contributed by atoms with Crippen molar-refractivity contribution in [3.05, 3.63) is 99.6 Å². The van der Waals surface area contributed by atoms with Crippen LogP contribution in [0.1, 0.15) is 44.6 Å². The molecular formula is C32H36ClN5O6. The molecule has 4 N–H and O–H groups in total. The summed E-state index contributed by atoms with van der Waals surface area (Å²) < 4.78 is 7.40. The van der Waals surface area contributed by atoms with Gasteiger partial charge in [0.1, 0.15) is 11.9 Å². The van der Waals surface area contributed by atoms with E-state index in [-0.39, 0.29) is 42.6 Å². The molecule has 0 aliphatic rings. The van der Waals surface area contributed by atoms with Crippen LogP contribution in [0.5, 0.6) is 0 Å². The third-order valence-corrected chi connectivity index (χ3v) is 7.10. The monoisotopic (exact) mass is 621 g/mol. The van der Waals surface area contributed by atoms with Gasteiger partial charge < -0.3 is 25.6 Å². The van der Waals surface area contributed by atoms with Gasteiger partial charge >= 0.3 is 12.1 Å². The van der Waals surface area contributed by atoms with Gasteiger partial charge in [-0.15, -0.1) is 0 Å². The fraction of sp³-hybridized carbons (Fsp3) is 0.312. The molecule has 1 atom stereocenters. The maximum absolute atomic E-state index is 14.2. The average Bonchev–Trinajstić information content (AvgIpc) is 2.96. The number of hydrogen-bond acceptors (Lipinski definition) is 6. The first-order valence-corrected chi connectivity index (χ1v) is 14.5. The highest BCUT2D eigenvalue weighted by atomic mass is 35.5. The number of aromatic nitrogens is 2. The molecule has 0 unspecified atom stereocenters. The Kier molecular flexibility index (Phi) is 10.6. The first-order chi connectivity index (χ1) is 21.0. The second-order valence-electron chi connectivity index (χ2n) is 11.1. The van der Waals surface area contributed by atoms with Gasteiger partial charge in [0.05, 0.1) is 34.8 Å². The predicted molar refractivity (Wildman–Crippen MR) is 170 cm³/mol. The van der Waals surface area contributed by atoms with Crippen molar-refractivity contribution in [1.82, 2.24) is 19.8 Å². The van der Waals surface area contributed by atoms with Crippen LogP contribution in [0.3, 0.4) is 0 Å². The van der Waals surface area contributed by atoms with E-state index in [0.717, 1.165) is 5.56 Å². The number of urea groups is 1. The number of carbonyl (C=O) groups is 2. The number of halogens is 1. The Morgan fingerprint density at radius 1 is 1.07 bits per heavy atom. The summed E-state index contributed by atoms with van der Waals surface area (Å²) in [6, 6.07) is 19.4. The van der Waals surface area contributed by atoms with Gasteiger partial charge in [-0.25, -0.2) is 14.6 Å². The number of carboxylic acid groups (broad SMARTS) is 1. The molecular weight excluding hydrogens is 586 g/mol. The molecule has 0 aliphatic carbocycles. The minimum absolute atomic E-state index is 0.0584. The molecule has 0 saturated carbocycles. The third-order valence-electron chi connectivity index (χ3n) is 6.78. The fourth-order valence-electron chi connectivity index (χ4n) is 4.87. The molecule has 12 heteroatoms. The Hall–Kier alpha value is -4.45. The van der Waals surface area contributed by atoms with Crippen LogP contribution in [0.4, 0.5) is 15.3 Å². The second kappa shape index (κ2) is 14.3. The molecule has 0 fully saturated rings. The molecule has 3 aromatic carbocycles. The van der Waals surface area contributed by atoms with Crippen LogP contribution >= 0.6 is 11.6 Å². The molecule has 0 spiro atoms. The maximum atomic E-state index is 14.2. The molecule has 232 valence electrons. The van der Waals surface area contributed by atoms with Crippen LogP contribution in [-0.4, -0.2) is 62.1 Å². The highest BCUT2D eigenvalue weighted by molar-refractivity contribution is 6.35. The summed E-state index contributed by atoms with van der Waals surface area (Å²) in [5.74, 6) is 0.125. The first-order valence-electron chi connectivity index (χ1n) is 14.1. The van der Waals surface area contributed by atoms with Crippen LogP contribution < -0.4 is 16.2 Å². The van der Waals surface area contributed by atoms with Gasteiger partial charge in [0.15, 0.2) is 0 Å². The van der Waals surface area contributed by atoms with Crippen molar-refractivity contribution in [3.63, 3.8) is 0 Å². The Morgan fingerprint density at radius 3 is 2.48 bits per heavy atom. The van der Waals surface area contributed by atoms with Crippen LogP contribution in [0.2, 0.25) is 5.02 Å². The van der Waals surface area contributed by atoms with Crippen LogP contribution in [-0.2, 0) is 11.3 Å². The van der Waals surface area contributed by atoms with Gasteiger partial charge in [0, 0.05) is 24.4 Å². The SMILES string of the molecule is CC(C)(C)N(C(=O)O)[C@@H](COCc1ccccc1)c1nc2cccc(Cl)c2c(=O)n1-c1cccc(NC(=O)NCCCO)c1. The molecule has 0 aliphatic heterocycles. The second-order valence-corrected chi connectivity index (χ2v) is 11.5. The fourth-order valence-corrected chi connectivity index (χ4v) is 5.12. The van der Waals surface area contributed by atoms with Crippen LogP contribution in [0, 0.1) is 0 Å². The Labute approximate surface area is 260 Å². The number of amides is 3. The van der Waals surface area contributed by atoms with E-state index in [2.05, 4.69) is 10.6 Å². The number of fused-ring (bicyclic) bond motifs is 1. The minimum Gasteiger partial charge on any atom is -0.465 e. The number of aliphatic hydroxyl groups is 1. The quantitative estimate of drug-likeness (QED) is 0.160. The molecule has 44 heavy (non-hydrogen) atoms. The Morgan fingerprint density at radius 2 is 1.80 bits per heavy atom. The van der Waals surface area contributed by atoms with Crippen molar-refractivity contribution in [2.24, 2.45) is 0 Å². The summed E-state index contributed by atoms with van der Waals surface area (Å²) in [4.78, 5) is 45.5. The molecule has 0 bridgehead atoms. The molecule has 11 nitrogen and oxygen atoms in total. The van der Waals surface area contributed by atoms with Crippen molar-refractivity contribution in [3.8, 4) is 5.69 Å². The summed E-state index contributed by atoms with van der Waals surface area (Å²) in [7, 11) is 0. The highest BCUT2D eigenvalue weighted by Gasteiger charge is 2.37. The lowest BCUT2D eigenvalue weighted by Gasteiger charge is -2.39. The number of nitrogens with one attached hydrogen (secondary N) is 2. The number of nitrogens with zero attached hydrogens (tertiary/aromatic N) is 3. The summed E-state index contributed by atoms with van der Waals surface area (Å²) in [6.45, 7) is 5.59. The van der Waals surface area contributed by atoms with E-state index >= 15 is 0 Å².